The fourth-order valence-electron chi connectivity index (χ4n) is 2.68. The maximum absolute atomic E-state index is 12.2. The van der Waals surface area contributed by atoms with Gasteiger partial charge in [-0.2, -0.15) is 0 Å². The molecule has 1 fully saturated rings. The first-order valence-electron chi connectivity index (χ1n) is 7.24. The minimum absolute atomic E-state index is 0.189. The molecule has 0 radical (unpaired) electrons. The number of rotatable bonds is 4. The van der Waals surface area contributed by atoms with Crippen LogP contribution in [0.4, 0.5) is 0 Å². The molecule has 1 aliphatic rings. The Labute approximate surface area is 126 Å². The van der Waals surface area contributed by atoms with Crippen molar-refractivity contribution in [3.63, 3.8) is 0 Å². The van der Waals surface area contributed by atoms with Crippen LogP contribution < -0.4 is 0 Å². The molecule has 0 N–H and O–H groups in total. The molecule has 0 aliphatic carbocycles. The van der Waals surface area contributed by atoms with Crippen molar-refractivity contribution in [2.45, 2.75) is 38.8 Å². The first-order valence-corrected chi connectivity index (χ1v) is 7.62. The zero-order valence-corrected chi connectivity index (χ0v) is 13.2. The lowest BCUT2D eigenvalue weighted by Crippen LogP contribution is -2.41. The zero-order chi connectivity index (χ0) is 14.7. The highest BCUT2D eigenvalue weighted by atomic mass is 35.5. The molecule has 1 aromatic rings. The molecule has 0 saturated carbocycles. The first-order chi connectivity index (χ1) is 9.49. The van der Waals surface area contributed by atoms with Crippen molar-refractivity contribution < 1.29 is 4.79 Å². The summed E-state index contributed by atoms with van der Waals surface area (Å²) in [4.78, 5) is 16.3. The van der Waals surface area contributed by atoms with Crippen LogP contribution in [0, 0.1) is 0 Å². The number of carbonyl (C=O) groups excluding carboxylic acids is 1. The average Bonchev–Trinajstić information content (AvgIpc) is 2.85. The lowest BCUT2D eigenvalue weighted by atomic mass is 10.0. The Kier molecular flexibility index (Phi) is 5.06. The Hall–Kier alpha value is -1.06. The molecule has 1 atom stereocenters. The number of hydrogen-bond acceptors (Lipinski definition) is 2. The maximum atomic E-state index is 12.2. The number of carbonyl (C=O) groups is 1. The molecule has 1 saturated heterocycles. The van der Waals surface area contributed by atoms with Crippen LogP contribution >= 0.6 is 11.6 Å². The van der Waals surface area contributed by atoms with Crippen LogP contribution in [0.3, 0.4) is 0 Å². The van der Waals surface area contributed by atoms with Gasteiger partial charge >= 0.3 is 0 Å². The Balaban J connectivity index is 2.06. The minimum atomic E-state index is 0.189. The molecule has 0 aromatic heterocycles. The molecular weight excluding hydrogens is 272 g/mol. The molecular formula is C16H23ClN2O. The topological polar surface area (TPSA) is 23.6 Å². The molecule has 0 bridgehead atoms. The number of halogens is 1. The Morgan fingerprint density at radius 2 is 2.25 bits per heavy atom. The van der Waals surface area contributed by atoms with Crippen LogP contribution in [0.1, 0.15) is 38.3 Å². The smallest absolute Gasteiger partial charge is 0.236 e. The fraction of sp³-hybridized carbons (Fsp3) is 0.562. The normalized spacial score (nSPS) is 19.6. The molecule has 4 heteroatoms. The fourth-order valence-corrected chi connectivity index (χ4v) is 2.88. The Morgan fingerprint density at radius 3 is 2.90 bits per heavy atom. The molecule has 110 valence electrons. The SMILES string of the molecule is CC(C)N(C)C(=O)CN1CCCC1c1cccc(Cl)c1. The molecule has 1 aliphatic heterocycles. The van der Waals surface area contributed by atoms with Crippen molar-refractivity contribution >= 4 is 17.5 Å². The van der Waals surface area contributed by atoms with E-state index in [1.165, 1.54) is 5.56 Å². The third-order valence-corrected chi connectivity index (χ3v) is 4.34. The molecule has 3 nitrogen and oxygen atoms in total. The highest BCUT2D eigenvalue weighted by molar-refractivity contribution is 6.30. The molecule has 1 heterocycles. The second kappa shape index (κ2) is 6.59. The van der Waals surface area contributed by atoms with E-state index in [0.29, 0.717) is 12.6 Å². The second-order valence-corrected chi connectivity index (χ2v) is 6.22. The molecule has 20 heavy (non-hydrogen) atoms. The van der Waals surface area contributed by atoms with Gasteiger partial charge in [-0.05, 0) is 50.9 Å². The zero-order valence-electron chi connectivity index (χ0n) is 12.5. The van der Waals surface area contributed by atoms with E-state index in [-0.39, 0.29) is 11.9 Å². The lowest BCUT2D eigenvalue weighted by Gasteiger charge is -2.28. The van der Waals surface area contributed by atoms with Gasteiger partial charge in [0.05, 0.1) is 6.54 Å². The predicted octanol–water partition coefficient (Wildman–Crippen LogP) is 3.34. The van der Waals surface area contributed by atoms with E-state index >= 15 is 0 Å². The summed E-state index contributed by atoms with van der Waals surface area (Å²) in [6.07, 6.45) is 2.23. The van der Waals surface area contributed by atoms with E-state index < -0.39 is 0 Å². The van der Waals surface area contributed by atoms with E-state index in [9.17, 15) is 4.79 Å². The molecule has 2 rings (SSSR count). The van der Waals surface area contributed by atoms with Crippen LogP contribution in [0.5, 0.6) is 0 Å². The largest absolute Gasteiger partial charge is 0.342 e. The summed E-state index contributed by atoms with van der Waals surface area (Å²) < 4.78 is 0. The average molecular weight is 295 g/mol. The van der Waals surface area contributed by atoms with Crippen LogP contribution in [-0.2, 0) is 4.79 Å². The van der Waals surface area contributed by atoms with Gasteiger partial charge in [-0.25, -0.2) is 0 Å². The van der Waals surface area contributed by atoms with E-state index in [1.54, 1.807) is 0 Å². The van der Waals surface area contributed by atoms with Gasteiger partial charge in [0.2, 0.25) is 5.91 Å². The summed E-state index contributed by atoms with van der Waals surface area (Å²) in [7, 11) is 1.87. The summed E-state index contributed by atoms with van der Waals surface area (Å²) in [6.45, 7) is 5.55. The van der Waals surface area contributed by atoms with Gasteiger partial charge in [-0.1, -0.05) is 23.7 Å². The second-order valence-electron chi connectivity index (χ2n) is 5.78. The molecule has 1 aromatic carbocycles. The lowest BCUT2D eigenvalue weighted by molar-refractivity contribution is -0.132. The van der Waals surface area contributed by atoms with Crippen LogP contribution in [0.25, 0.3) is 0 Å². The van der Waals surface area contributed by atoms with E-state index in [1.807, 2.05) is 44.0 Å². The summed E-state index contributed by atoms with van der Waals surface area (Å²) in [5.41, 5.74) is 1.22. The first kappa shape index (κ1) is 15.3. The van der Waals surface area contributed by atoms with E-state index in [4.69, 9.17) is 11.6 Å². The summed E-state index contributed by atoms with van der Waals surface area (Å²) in [6, 6.07) is 8.55. The Bertz CT molecular complexity index is 475. The van der Waals surface area contributed by atoms with Gasteiger partial charge in [0.1, 0.15) is 0 Å². The predicted molar refractivity (Wildman–Crippen MR) is 82.9 cm³/mol. The van der Waals surface area contributed by atoms with Gasteiger partial charge in [0.15, 0.2) is 0 Å². The molecule has 1 unspecified atom stereocenters. The van der Waals surface area contributed by atoms with Crippen LogP contribution in [-0.4, -0.2) is 41.9 Å². The number of benzene rings is 1. The number of nitrogens with zero attached hydrogens (tertiary/aromatic N) is 2. The quantitative estimate of drug-likeness (QED) is 0.850. The van der Waals surface area contributed by atoms with E-state index in [0.717, 1.165) is 24.4 Å². The van der Waals surface area contributed by atoms with Crippen molar-refractivity contribution in [2.75, 3.05) is 20.1 Å². The summed E-state index contributed by atoms with van der Waals surface area (Å²) >= 11 is 6.08. The number of likely N-dealkylation sites (N-methyl/N-ethyl adjacent to an activating group) is 1. The number of hydrogen-bond donors (Lipinski definition) is 0. The van der Waals surface area contributed by atoms with Crippen LogP contribution in [0.2, 0.25) is 5.02 Å². The van der Waals surface area contributed by atoms with Crippen LogP contribution in [0.15, 0.2) is 24.3 Å². The molecule has 1 amide bonds. The number of amides is 1. The third kappa shape index (κ3) is 3.53. The van der Waals surface area contributed by atoms with E-state index in [2.05, 4.69) is 11.0 Å². The van der Waals surface area contributed by atoms with Gasteiger partial charge in [-0.3, -0.25) is 9.69 Å². The van der Waals surface area contributed by atoms with Gasteiger partial charge in [-0.15, -0.1) is 0 Å². The van der Waals surface area contributed by atoms with Crippen molar-refractivity contribution in [1.82, 2.24) is 9.80 Å². The number of likely N-dealkylation sites (tertiary alicyclic amines) is 1. The van der Waals surface area contributed by atoms with Gasteiger partial charge in [0.25, 0.3) is 0 Å². The monoisotopic (exact) mass is 294 g/mol. The van der Waals surface area contributed by atoms with Crippen molar-refractivity contribution in [3.05, 3.63) is 34.9 Å². The third-order valence-electron chi connectivity index (χ3n) is 4.10. The highest BCUT2D eigenvalue weighted by Crippen LogP contribution is 2.32. The Morgan fingerprint density at radius 1 is 1.50 bits per heavy atom. The minimum Gasteiger partial charge on any atom is -0.342 e. The van der Waals surface area contributed by atoms with Crippen molar-refractivity contribution in [3.8, 4) is 0 Å². The van der Waals surface area contributed by atoms with Crippen molar-refractivity contribution in [1.29, 1.82) is 0 Å². The standard InChI is InChI=1S/C16H23ClN2O/c1-12(2)18(3)16(20)11-19-9-5-8-15(19)13-6-4-7-14(17)10-13/h4,6-7,10,12,15H,5,8-9,11H2,1-3H3. The summed E-state index contributed by atoms with van der Waals surface area (Å²) in [5, 5.41) is 0.764. The summed E-state index contributed by atoms with van der Waals surface area (Å²) in [5.74, 6) is 0.189. The van der Waals surface area contributed by atoms with Gasteiger partial charge in [0, 0.05) is 24.2 Å². The molecule has 0 spiro atoms. The van der Waals surface area contributed by atoms with Crippen molar-refractivity contribution in [2.24, 2.45) is 0 Å². The highest BCUT2D eigenvalue weighted by Gasteiger charge is 2.28. The van der Waals surface area contributed by atoms with Gasteiger partial charge < -0.3 is 4.90 Å². The maximum Gasteiger partial charge on any atom is 0.236 e.